The van der Waals surface area contributed by atoms with Crippen molar-refractivity contribution in [1.29, 1.82) is 0 Å². The van der Waals surface area contributed by atoms with Crippen LogP contribution in [0.5, 0.6) is 5.75 Å². The highest BCUT2D eigenvalue weighted by Crippen LogP contribution is 2.13. The van der Waals surface area contributed by atoms with Crippen LogP contribution in [0, 0.1) is 6.92 Å². The van der Waals surface area contributed by atoms with Crippen molar-refractivity contribution in [2.75, 3.05) is 26.2 Å². The van der Waals surface area contributed by atoms with Gasteiger partial charge in [0.15, 0.2) is 0 Å². The lowest BCUT2D eigenvalue weighted by molar-refractivity contribution is 0.0896. The van der Waals surface area contributed by atoms with E-state index in [4.69, 9.17) is 4.74 Å². The van der Waals surface area contributed by atoms with Gasteiger partial charge in [0.05, 0.1) is 5.69 Å². The molecule has 2 aromatic rings. The molecule has 1 N–H and O–H groups in total. The number of nitrogens with zero attached hydrogens (tertiary/aromatic N) is 3. The Bertz CT molecular complexity index is 691. The Morgan fingerprint density at radius 1 is 1.28 bits per heavy atom. The van der Waals surface area contributed by atoms with E-state index in [0.717, 1.165) is 43.9 Å². The number of hydrogen-bond donors (Lipinski definition) is 1. The number of aryl methyl sites for hydroxylation is 2. The van der Waals surface area contributed by atoms with Crippen molar-refractivity contribution in [1.82, 2.24) is 20.0 Å². The molecule has 0 aliphatic carbocycles. The molecule has 0 unspecified atom stereocenters. The SMILES string of the molecule is Cc1cc(C(=O)NC2CCN(CCOc3ccccc3)CC2)n(C)n1. The molecular weight excluding hydrogens is 316 g/mol. The lowest BCUT2D eigenvalue weighted by atomic mass is 10.0. The standard InChI is InChI=1S/C19H26N4O2/c1-15-14-18(22(2)21-15)19(24)20-16-8-10-23(11-9-16)12-13-25-17-6-4-3-5-7-17/h3-7,14,16H,8-13H2,1-2H3,(H,20,24). The Labute approximate surface area is 148 Å². The van der Waals surface area contributed by atoms with Crippen LogP contribution in [-0.4, -0.2) is 52.9 Å². The van der Waals surface area contributed by atoms with Gasteiger partial charge in [0.25, 0.3) is 5.91 Å². The average molecular weight is 342 g/mol. The van der Waals surface area contributed by atoms with Crippen molar-refractivity contribution in [2.24, 2.45) is 7.05 Å². The second kappa shape index (κ2) is 8.16. The van der Waals surface area contributed by atoms with Crippen molar-refractivity contribution in [3.63, 3.8) is 0 Å². The highest BCUT2D eigenvalue weighted by atomic mass is 16.5. The summed E-state index contributed by atoms with van der Waals surface area (Å²) in [5.41, 5.74) is 1.48. The first-order chi connectivity index (χ1) is 12.1. The van der Waals surface area contributed by atoms with Crippen LogP contribution in [0.25, 0.3) is 0 Å². The number of hydrogen-bond acceptors (Lipinski definition) is 4. The van der Waals surface area contributed by atoms with E-state index >= 15 is 0 Å². The van der Waals surface area contributed by atoms with E-state index in [9.17, 15) is 4.79 Å². The minimum absolute atomic E-state index is 0.0334. The highest BCUT2D eigenvalue weighted by Gasteiger charge is 2.22. The number of ether oxygens (including phenoxy) is 1. The van der Waals surface area contributed by atoms with Crippen LogP contribution in [0.3, 0.4) is 0 Å². The smallest absolute Gasteiger partial charge is 0.269 e. The second-order valence-electron chi connectivity index (χ2n) is 6.55. The molecule has 0 bridgehead atoms. The molecule has 1 aliphatic rings. The number of carbonyl (C=O) groups excluding carboxylic acids is 1. The van der Waals surface area contributed by atoms with Crippen LogP contribution in [0.4, 0.5) is 0 Å². The fourth-order valence-corrected chi connectivity index (χ4v) is 3.19. The Kier molecular flexibility index (Phi) is 5.71. The fraction of sp³-hybridized carbons (Fsp3) is 0.474. The van der Waals surface area contributed by atoms with Crippen LogP contribution in [0.2, 0.25) is 0 Å². The first-order valence-electron chi connectivity index (χ1n) is 8.83. The van der Waals surface area contributed by atoms with Crippen molar-refractivity contribution < 1.29 is 9.53 Å². The van der Waals surface area contributed by atoms with Crippen LogP contribution in [-0.2, 0) is 7.05 Å². The zero-order valence-electron chi connectivity index (χ0n) is 14.9. The summed E-state index contributed by atoms with van der Waals surface area (Å²) in [6.07, 6.45) is 1.93. The molecule has 0 atom stereocenters. The van der Waals surface area contributed by atoms with E-state index < -0.39 is 0 Å². The Morgan fingerprint density at radius 2 is 2.00 bits per heavy atom. The predicted molar refractivity (Wildman–Crippen MR) is 96.8 cm³/mol. The number of piperidine rings is 1. The summed E-state index contributed by atoms with van der Waals surface area (Å²) in [5.74, 6) is 0.880. The van der Waals surface area contributed by atoms with Gasteiger partial charge < -0.3 is 10.1 Å². The molecule has 0 spiro atoms. The van der Waals surface area contributed by atoms with E-state index in [2.05, 4.69) is 15.3 Å². The van der Waals surface area contributed by atoms with Crippen LogP contribution in [0.15, 0.2) is 36.4 Å². The molecule has 6 nitrogen and oxygen atoms in total. The molecule has 1 aliphatic heterocycles. The molecule has 134 valence electrons. The summed E-state index contributed by atoms with van der Waals surface area (Å²) < 4.78 is 7.39. The zero-order valence-corrected chi connectivity index (χ0v) is 14.9. The topological polar surface area (TPSA) is 59.4 Å². The highest BCUT2D eigenvalue weighted by molar-refractivity contribution is 5.92. The molecule has 1 aromatic carbocycles. The maximum absolute atomic E-state index is 12.4. The van der Waals surface area contributed by atoms with Gasteiger partial charge in [-0.15, -0.1) is 0 Å². The predicted octanol–water partition coefficient (Wildman–Crippen LogP) is 2.00. The Hall–Kier alpha value is -2.34. The van der Waals surface area contributed by atoms with Crippen molar-refractivity contribution in [2.45, 2.75) is 25.8 Å². The molecule has 1 saturated heterocycles. The van der Waals surface area contributed by atoms with Gasteiger partial charge in [0, 0.05) is 32.7 Å². The van der Waals surface area contributed by atoms with Crippen molar-refractivity contribution >= 4 is 5.91 Å². The number of benzene rings is 1. The lowest BCUT2D eigenvalue weighted by Crippen LogP contribution is -2.45. The van der Waals surface area contributed by atoms with Crippen LogP contribution >= 0.6 is 0 Å². The zero-order chi connectivity index (χ0) is 17.6. The maximum atomic E-state index is 12.4. The molecule has 0 radical (unpaired) electrons. The number of likely N-dealkylation sites (tertiary alicyclic amines) is 1. The molecule has 6 heteroatoms. The molecule has 1 amide bonds. The molecule has 2 heterocycles. The third-order valence-electron chi connectivity index (χ3n) is 4.58. The van der Waals surface area contributed by atoms with Gasteiger partial charge in [-0.2, -0.15) is 5.10 Å². The Balaban J connectivity index is 1.38. The number of para-hydroxylation sites is 1. The largest absolute Gasteiger partial charge is 0.492 e. The molecule has 25 heavy (non-hydrogen) atoms. The van der Waals surface area contributed by atoms with Gasteiger partial charge in [0.2, 0.25) is 0 Å². The van der Waals surface area contributed by atoms with E-state index in [0.29, 0.717) is 12.3 Å². The van der Waals surface area contributed by atoms with E-state index in [-0.39, 0.29) is 11.9 Å². The number of aromatic nitrogens is 2. The lowest BCUT2D eigenvalue weighted by Gasteiger charge is -2.32. The van der Waals surface area contributed by atoms with Crippen molar-refractivity contribution in [3.05, 3.63) is 47.8 Å². The quantitative estimate of drug-likeness (QED) is 0.872. The normalized spacial score (nSPS) is 15.9. The van der Waals surface area contributed by atoms with Crippen LogP contribution < -0.4 is 10.1 Å². The maximum Gasteiger partial charge on any atom is 0.269 e. The van der Waals surface area contributed by atoms with Gasteiger partial charge in [-0.25, -0.2) is 0 Å². The number of rotatable bonds is 6. The summed E-state index contributed by atoms with van der Waals surface area (Å²) in [7, 11) is 1.80. The minimum atomic E-state index is -0.0334. The molecule has 1 fully saturated rings. The van der Waals surface area contributed by atoms with Gasteiger partial charge in [0.1, 0.15) is 18.1 Å². The van der Waals surface area contributed by atoms with E-state index in [1.807, 2.05) is 43.3 Å². The van der Waals surface area contributed by atoms with Crippen molar-refractivity contribution in [3.8, 4) is 5.75 Å². The first-order valence-corrected chi connectivity index (χ1v) is 8.83. The molecule has 1 aromatic heterocycles. The average Bonchev–Trinajstić information content (AvgIpc) is 2.96. The first kappa shape index (κ1) is 17.5. The molecular formula is C19H26N4O2. The Morgan fingerprint density at radius 3 is 2.64 bits per heavy atom. The summed E-state index contributed by atoms with van der Waals surface area (Å²) >= 11 is 0. The summed E-state index contributed by atoms with van der Waals surface area (Å²) in [6.45, 7) is 5.46. The minimum Gasteiger partial charge on any atom is -0.492 e. The monoisotopic (exact) mass is 342 g/mol. The van der Waals surface area contributed by atoms with E-state index in [1.54, 1.807) is 11.7 Å². The van der Waals surface area contributed by atoms with Gasteiger partial charge in [-0.3, -0.25) is 14.4 Å². The van der Waals surface area contributed by atoms with Gasteiger partial charge >= 0.3 is 0 Å². The number of carbonyl (C=O) groups is 1. The number of amides is 1. The summed E-state index contributed by atoms with van der Waals surface area (Å²) in [6, 6.07) is 11.9. The van der Waals surface area contributed by atoms with Crippen LogP contribution in [0.1, 0.15) is 29.0 Å². The molecule has 3 rings (SSSR count). The number of nitrogens with one attached hydrogen (secondary N) is 1. The summed E-state index contributed by atoms with van der Waals surface area (Å²) in [4.78, 5) is 14.7. The van der Waals surface area contributed by atoms with Gasteiger partial charge in [-0.05, 0) is 38.0 Å². The molecule has 0 saturated carbocycles. The van der Waals surface area contributed by atoms with Gasteiger partial charge in [-0.1, -0.05) is 18.2 Å². The third-order valence-corrected chi connectivity index (χ3v) is 4.58. The third kappa shape index (κ3) is 4.82. The van der Waals surface area contributed by atoms with E-state index in [1.165, 1.54) is 0 Å². The summed E-state index contributed by atoms with van der Waals surface area (Å²) in [5, 5.41) is 7.36. The fourth-order valence-electron chi connectivity index (χ4n) is 3.19. The second-order valence-corrected chi connectivity index (χ2v) is 6.55.